The Balaban J connectivity index is 1.37. The van der Waals surface area contributed by atoms with Crippen LogP contribution in [-0.2, 0) is 4.79 Å². The summed E-state index contributed by atoms with van der Waals surface area (Å²) in [5.74, 6) is 0.435. The molecule has 164 valence electrons. The van der Waals surface area contributed by atoms with Crippen LogP contribution in [0.5, 0.6) is 5.75 Å². The zero-order chi connectivity index (χ0) is 22.3. The van der Waals surface area contributed by atoms with Crippen LogP contribution >= 0.6 is 34.4 Å². The molecule has 6 nitrogen and oxygen atoms in total. The normalized spacial score (nSPS) is 11.7. The summed E-state index contributed by atoms with van der Waals surface area (Å²) in [5.41, 5.74) is 1.62. The van der Waals surface area contributed by atoms with Crippen LogP contribution in [-0.4, -0.2) is 29.0 Å². The quantitative estimate of drug-likeness (QED) is 0.305. The van der Waals surface area contributed by atoms with Gasteiger partial charge < -0.3 is 15.4 Å². The molecule has 0 fully saturated rings. The Morgan fingerprint density at radius 2 is 1.94 bits per heavy atom. The summed E-state index contributed by atoms with van der Waals surface area (Å²) in [4.78, 5) is 13.6. The highest BCUT2D eigenvalue weighted by Gasteiger charge is 2.19. The lowest BCUT2D eigenvalue weighted by Crippen LogP contribution is -2.30. The first-order chi connectivity index (χ1) is 15.6. The topological polar surface area (TPSA) is 76.1 Å². The van der Waals surface area contributed by atoms with Gasteiger partial charge in [0, 0.05) is 4.88 Å². The molecule has 4 aromatic rings. The number of carbonyl (C=O) groups is 1. The van der Waals surface area contributed by atoms with E-state index >= 15 is 0 Å². The molecule has 0 saturated carbocycles. The largest absolute Gasteiger partial charge is 0.495 e. The number of halogens is 1. The van der Waals surface area contributed by atoms with Gasteiger partial charge in [-0.25, -0.2) is 4.39 Å². The minimum absolute atomic E-state index is 0.146. The van der Waals surface area contributed by atoms with E-state index in [9.17, 15) is 9.18 Å². The monoisotopic (exact) mass is 486 g/mol. The summed E-state index contributed by atoms with van der Waals surface area (Å²) in [6, 6.07) is 17.2. The minimum Gasteiger partial charge on any atom is -0.495 e. The molecule has 0 spiro atoms. The van der Waals surface area contributed by atoms with Gasteiger partial charge in [0.25, 0.3) is 0 Å². The minimum atomic E-state index is -0.333. The molecule has 0 aliphatic heterocycles. The summed E-state index contributed by atoms with van der Waals surface area (Å²) in [6.07, 6.45) is 0. The van der Waals surface area contributed by atoms with E-state index in [1.807, 2.05) is 41.8 Å². The van der Waals surface area contributed by atoms with E-state index in [0.717, 1.165) is 16.1 Å². The number of amides is 1. The number of methoxy groups -OCH3 is 1. The van der Waals surface area contributed by atoms with Gasteiger partial charge in [-0.05, 0) is 41.3 Å². The van der Waals surface area contributed by atoms with Crippen molar-refractivity contribution in [3.8, 4) is 5.75 Å². The summed E-state index contributed by atoms with van der Waals surface area (Å²) >= 11 is 4.21. The smallest absolute Gasteiger partial charge is 0.231 e. The van der Waals surface area contributed by atoms with Crippen LogP contribution in [0.1, 0.15) is 16.5 Å². The fourth-order valence-electron chi connectivity index (χ4n) is 2.94. The third-order valence-electron chi connectivity index (χ3n) is 4.42. The molecule has 2 aromatic heterocycles. The molecule has 0 aliphatic carbocycles. The van der Waals surface area contributed by atoms with Crippen molar-refractivity contribution in [1.29, 1.82) is 0 Å². The average Bonchev–Trinajstić information content (AvgIpc) is 3.50. The number of carbonyl (C=O) groups excluding carboxylic acids is 1. The van der Waals surface area contributed by atoms with Crippen molar-refractivity contribution in [3.05, 3.63) is 82.3 Å². The number of hydrogen-bond donors (Lipinski definition) is 2. The molecule has 0 unspecified atom stereocenters. The summed E-state index contributed by atoms with van der Waals surface area (Å²) in [7, 11) is 1.61. The molecule has 2 aromatic carbocycles. The third-order valence-corrected chi connectivity index (χ3v) is 7.33. The molecule has 0 aliphatic rings. The molecule has 4 rings (SSSR count). The zero-order valence-corrected chi connectivity index (χ0v) is 19.4. The second-order valence-electron chi connectivity index (χ2n) is 6.55. The molecule has 1 amide bonds. The van der Waals surface area contributed by atoms with E-state index in [1.54, 1.807) is 19.2 Å². The maximum Gasteiger partial charge on any atom is 0.231 e. The number of ether oxygens (including phenoxy) is 1. The van der Waals surface area contributed by atoms with Gasteiger partial charge in [0.2, 0.25) is 11.0 Å². The zero-order valence-electron chi connectivity index (χ0n) is 16.9. The molecule has 32 heavy (non-hydrogen) atoms. The number of aromatic nitrogens is 2. The molecule has 0 saturated heterocycles. The number of hydrogen-bond acceptors (Lipinski definition) is 8. The summed E-state index contributed by atoms with van der Waals surface area (Å²) in [6.45, 7) is 0. The average molecular weight is 487 g/mol. The number of benzene rings is 2. The maximum atomic E-state index is 13.3. The molecule has 0 bridgehead atoms. The predicted molar refractivity (Wildman–Crippen MR) is 128 cm³/mol. The predicted octanol–water partition coefficient (Wildman–Crippen LogP) is 5.49. The Hall–Kier alpha value is -2.95. The maximum absolute atomic E-state index is 13.3. The second kappa shape index (κ2) is 10.6. The SMILES string of the molecule is COc1ccccc1Nc1nnc(SCC(=O)N[C@H](c2ccc(F)cc2)c2cccs2)s1. The van der Waals surface area contributed by atoms with E-state index in [1.165, 1.54) is 46.6 Å². The van der Waals surface area contributed by atoms with Crippen molar-refractivity contribution in [2.24, 2.45) is 0 Å². The lowest BCUT2D eigenvalue weighted by molar-refractivity contribution is -0.119. The molecule has 2 heterocycles. The standard InChI is InChI=1S/C22H19FN4O2S3/c1-29-17-6-3-2-5-16(17)24-21-26-27-22(32-21)31-13-19(28)25-20(18-7-4-12-30-18)14-8-10-15(23)11-9-14/h2-12,20H,13H2,1H3,(H,24,26)(H,25,28)/t20-/m1/s1. The van der Waals surface area contributed by atoms with Crippen LogP contribution in [0, 0.1) is 5.82 Å². The van der Waals surface area contributed by atoms with Gasteiger partial charge in [-0.15, -0.1) is 21.5 Å². The van der Waals surface area contributed by atoms with Crippen molar-refractivity contribution in [1.82, 2.24) is 15.5 Å². The molecule has 1 atom stereocenters. The Kier molecular flexibility index (Phi) is 7.35. The van der Waals surface area contributed by atoms with Crippen molar-refractivity contribution in [3.63, 3.8) is 0 Å². The van der Waals surface area contributed by atoms with Crippen molar-refractivity contribution >= 4 is 51.2 Å². The first-order valence-electron chi connectivity index (χ1n) is 9.57. The Bertz CT molecular complexity index is 1170. The number of para-hydroxylation sites is 2. The van der Waals surface area contributed by atoms with Crippen LogP contribution in [0.25, 0.3) is 0 Å². The van der Waals surface area contributed by atoms with E-state index in [-0.39, 0.29) is 23.5 Å². The van der Waals surface area contributed by atoms with Gasteiger partial charge in [-0.3, -0.25) is 4.79 Å². The van der Waals surface area contributed by atoms with Gasteiger partial charge in [-0.1, -0.05) is 53.4 Å². The first kappa shape index (κ1) is 22.3. The van der Waals surface area contributed by atoms with Crippen molar-refractivity contribution in [2.75, 3.05) is 18.2 Å². The van der Waals surface area contributed by atoms with Gasteiger partial charge in [-0.2, -0.15) is 0 Å². The van der Waals surface area contributed by atoms with E-state index in [2.05, 4.69) is 20.8 Å². The van der Waals surface area contributed by atoms with Crippen molar-refractivity contribution < 1.29 is 13.9 Å². The van der Waals surface area contributed by atoms with E-state index in [4.69, 9.17) is 4.74 Å². The molecule has 0 radical (unpaired) electrons. The van der Waals surface area contributed by atoms with Crippen LogP contribution in [0.4, 0.5) is 15.2 Å². The number of anilines is 2. The molecular formula is C22H19FN4O2S3. The van der Waals surface area contributed by atoms with Crippen LogP contribution < -0.4 is 15.4 Å². The summed E-state index contributed by atoms with van der Waals surface area (Å²) < 4.78 is 19.3. The third kappa shape index (κ3) is 5.64. The molecule has 2 N–H and O–H groups in total. The van der Waals surface area contributed by atoms with Gasteiger partial charge >= 0.3 is 0 Å². The van der Waals surface area contributed by atoms with Gasteiger partial charge in [0.05, 0.1) is 24.6 Å². The number of rotatable bonds is 9. The Morgan fingerprint density at radius 1 is 1.12 bits per heavy atom. The highest BCUT2D eigenvalue weighted by Crippen LogP contribution is 2.32. The van der Waals surface area contributed by atoms with Gasteiger partial charge in [0.1, 0.15) is 11.6 Å². The fraction of sp³-hybridized carbons (Fsp3) is 0.136. The Labute approximate surface area is 196 Å². The van der Waals surface area contributed by atoms with Gasteiger partial charge in [0.15, 0.2) is 4.34 Å². The van der Waals surface area contributed by atoms with E-state index in [0.29, 0.717) is 15.2 Å². The second-order valence-corrected chi connectivity index (χ2v) is 9.73. The molecule has 10 heteroatoms. The Morgan fingerprint density at radius 3 is 2.69 bits per heavy atom. The first-order valence-corrected chi connectivity index (χ1v) is 12.2. The highest BCUT2D eigenvalue weighted by molar-refractivity contribution is 8.01. The molecular weight excluding hydrogens is 467 g/mol. The van der Waals surface area contributed by atoms with E-state index < -0.39 is 0 Å². The lowest BCUT2D eigenvalue weighted by Gasteiger charge is -2.18. The number of nitrogens with zero attached hydrogens (tertiary/aromatic N) is 2. The van der Waals surface area contributed by atoms with Crippen LogP contribution in [0.2, 0.25) is 0 Å². The number of thioether (sulfide) groups is 1. The van der Waals surface area contributed by atoms with Crippen molar-refractivity contribution in [2.45, 2.75) is 10.4 Å². The highest BCUT2D eigenvalue weighted by atomic mass is 32.2. The fourth-order valence-corrected chi connectivity index (χ4v) is 5.32. The van der Waals surface area contributed by atoms with Crippen LogP contribution in [0.15, 0.2) is 70.4 Å². The van der Waals surface area contributed by atoms with Crippen LogP contribution in [0.3, 0.4) is 0 Å². The summed E-state index contributed by atoms with van der Waals surface area (Å²) in [5, 5.41) is 17.1. The lowest BCUT2D eigenvalue weighted by atomic mass is 10.1. The number of thiophene rings is 1. The number of nitrogens with one attached hydrogen (secondary N) is 2.